The van der Waals surface area contributed by atoms with Crippen molar-refractivity contribution in [3.63, 3.8) is 0 Å². The van der Waals surface area contributed by atoms with Crippen molar-refractivity contribution in [2.75, 3.05) is 0 Å². The molecule has 0 spiro atoms. The largest absolute Gasteiger partial charge is 0.387 e. The third-order valence-corrected chi connectivity index (χ3v) is 2.27. The zero-order chi connectivity index (χ0) is 13.0. The Morgan fingerprint density at radius 2 is 2.22 bits per heavy atom. The number of alkyl halides is 2. The molecule has 2 aromatic heterocycles. The van der Waals surface area contributed by atoms with Crippen LogP contribution in [-0.2, 0) is 12.8 Å². The molecule has 0 aromatic carbocycles. The average molecular weight is 255 g/mol. The van der Waals surface area contributed by atoms with E-state index in [0.717, 1.165) is 5.56 Å². The first-order chi connectivity index (χ1) is 8.65. The van der Waals surface area contributed by atoms with Gasteiger partial charge in [0.1, 0.15) is 6.10 Å². The van der Waals surface area contributed by atoms with Crippen molar-refractivity contribution in [2.24, 2.45) is 0 Å². The second-order valence-electron chi connectivity index (χ2n) is 3.75. The quantitative estimate of drug-likeness (QED) is 0.869. The van der Waals surface area contributed by atoms with Crippen LogP contribution in [0, 0.1) is 0 Å². The molecule has 96 valence electrons. The highest BCUT2D eigenvalue weighted by Crippen LogP contribution is 2.10. The fraction of sp³-hybridized carbons (Fsp3) is 0.364. The molecule has 0 saturated carbocycles. The Morgan fingerprint density at radius 3 is 2.89 bits per heavy atom. The Kier molecular flexibility index (Phi) is 3.93. The van der Waals surface area contributed by atoms with E-state index in [1.807, 2.05) is 6.07 Å². The van der Waals surface area contributed by atoms with E-state index in [1.54, 1.807) is 18.5 Å². The zero-order valence-electron chi connectivity index (χ0n) is 9.33. The monoisotopic (exact) mass is 255 g/mol. The van der Waals surface area contributed by atoms with E-state index in [4.69, 9.17) is 9.63 Å². The molecule has 0 aliphatic carbocycles. The lowest BCUT2D eigenvalue weighted by atomic mass is 10.2. The van der Waals surface area contributed by atoms with Gasteiger partial charge in [0, 0.05) is 18.8 Å². The standard InChI is InChI=1S/C11H11F2N3O2/c12-11(13)8(17)5-10-15-9(16-18-10)4-7-2-1-3-14-6-7/h1-3,6,8,11,17H,4-5H2. The van der Waals surface area contributed by atoms with Crippen LogP contribution in [-0.4, -0.2) is 32.8 Å². The molecule has 0 saturated heterocycles. The van der Waals surface area contributed by atoms with Crippen LogP contribution in [0.3, 0.4) is 0 Å². The van der Waals surface area contributed by atoms with Crippen molar-refractivity contribution in [3.8, 4) is 0 Å². The third-order valence-electron chi connectivity index (χ3n) is 2.27. The molecule has 0 fully saturated rings. The summed E-state index contributed by atoms with van der Waals surface area (Å²) in [6.07, 6.45) is -1.25. The van der Waals surface area contributed by atoms with Crippen molar-refractivity contribution in [1.29, 1.82) is 0 Å². The SMILES string of the molecule is OC(Cc1nc(Cc2cccnc2)no1)C(F)F. The van der Waals surface area contributed by atoms with Crippen LogP contribution in [0.25, 0.3) is 0 Å². The van der Waals surface area contributed by atoms with Gasteiger partial charge in [-0.1, -0.05) is 11.2 Å². The number of hydrogen-bond donors (Lipinski definition) is 1. The second-order valence-corrected chi connectivity index (χ2v) is 3.75. The van der Waals surface area contributed by atoms with Gasteiger partial charge in [0.05, 0.1) is 6.42 Å². The Labute approximate surface area is 101 Å². The molecule has 1 N–H and O–H groups in total. The van der Waals surface area contributed by atoms with Crippen molar-refractivity contribution in [2.45, 2.75) is 25.4 Å². The fourth-order valence-electron chi connectivity index (χ4n) is 1.40. The van der Waals surface area contributed by atoms with E-state index < -0.39 is 12.5 Å². The summed E-state index contributed by atoms with van der Waals surface area (Å²) in [4.78, 5) is 7.86. The first-order valence-corrected chi connectivity index (χ1v) is 5.31. The second kappa shape index (κ2) is 5.63. The van der Waals surface area contributed by atoms with E-state index in [1.165, 1.54) is 0 Å². The highest BCUT2D eigenvalue weighted by molar-refractivity contribution is 5.13. The maximum atomic E-state index is 12.1. The Hall–Kier alpha value is -1.89. The lowest BCUT2D eigenvalue weighted by molar-refractivity contribution is -0.00754. The van der Waals surface area contributed by atoms with Gasteiger partial charge in [0.2, 0.25) is 5.89 Å². The Morgan fingerprint density at radius 1 is 1.39 bits per heavy atom. The predicted molar refractivity (Wildman–Crippen MR) is 57.1 cm³/mol. The van der Waals surface area contributed by atoms with Gasteiger partial charge < -0.3 is 9.63 Å². The minimum Gasteiger partial charge on any atom is -0.387 e. The molecule has 1 atom stereocenters. The maximum absolute atomic E-state index is 12.1. The molecular formula is C11H11F2N3O2. The van der Waals surface area contributed by atoms with Crippen LogP contribution in [0.1, 0.15) is 17.3 Å². The minimum atomic E-state index is -2.82. The van der Waals surface area contributed by atoms with E-state index in [2.05, 4.69) is 15.1 Å². The molecule has 0 aliphatic heterocycles. The van der Waals surface area contributed by atoms with Crippen molar-refractivity contribution in [1.82, 2.24) is 15.1 Å². The number of hydrogen-bond acceptors (Lipinski definition) is 5. The predicted octanol–water partition coefficient (Wildman–Crippen LogP) is 1.22. The summed E-state index contributed by atoms with van der Waals surface area (Å²) in [5.41, 5.74) is 0.888. The van der Waals surface area contributed by atoms with Gasteiger partial charge in [0.15, 0.2) is 5.82 Å². The number of aliphatic hydroxyl groups excluding tert-OH is 1. The molecule has 2 aromatic rings. The molecule has 5 nitrogen and oxygen atoms in total. The Bertz CT molecular complexity index is 490. The minimum absolute atomic E-state index is 0.00157. The molecule has 0 radical (unpaired) electrons. The highest BCUT2D eigenvalue weighted by atomic mass is 19.3. The highest BCUT2D eigenvalue weighted by Gasteiger charge is 2.20. The summed E-state index contributed by atoms with van der Waals surface area (Å²) in [7, 11) is 0. The van der Waals surface area contributed by atoms with Gasteiger partial charge in [-0.3, -0.25) is 4.98 Å². The molecule has 2 rings (SSSR count). The third kappa shape index (κ3) is 3.30. The van der Waals surface area contributed by atoms with Gasteiger partial charge >= 0.3 is 0 Å². The van der Waals surface area contributed by atoms with Gasteiger partial charge in [-0.05, 0) is 11.6 Å². The van der Waals surface area contributed by atoms with Gasteiger partial charge in [-0.2, -0.15) is 4.98 Å². The van der Waals surface area contributed by atoms with Crippen molar-refractivity contribution >= 4 is 0 Å². The maximum Gasteiger partial charge on any atom is 0.264 e. The van der Waals surface area contributed by atoms with E-state index in [0.29, 0.717) is 12.2 Å². The van der Waals surface area contributed by atoms with Gasteiger partial charge in [-0.25, -0.2) is 8.78 Å². The van der Waals surface area contributed by atoms with Crippen molar-refractivity contribution < 1.29 is 18.4 Å². The van der Waals surface area contributed by atoms with E-state index in [9.17, 15) is 8.78 Å². The van der Waals surface area contributed by atoms with E-state index >= 15 is 0 Å². The Balaban J connectivity index is 1.98. The molecule has 0 bridgehead atoms. The van der Waals surface area contributed by atoms with Crippen LogP contribution in [0.5, 0.6) is 0 Å². The summed E-state index contributed by atoms with van der Waals surface area (Å²) < 4.78 is 29.0. The van der Waals surface area contributed by atoms with Crippen LogP contribution < -0.4 is 0 Å². The van der Waals surface area contributed by atoms with E-state index in [-0.39, 0.29) is 12.3 Å². The average Bonchev–Trinajstić information content (AvgIpc) is 2.77. The van der Waals surface area contributed by atoms with Crippen LogP contribution in [0.4, 0.5) is 8.78 Å². The molecule has 18 heavy (non-hydrogen) atoms. The molecule has 1 unspecified atom stereocenters. The number of aromatic nitrogens is 3. The molecule has 7 heteroatoms. The number of aliphatic hydroxyl groups is 1. The van der Waals surface area contributed by atoms with Crippen LogP contribution in [0.2, 0.25) is 0 Å². The smallest absolute Gasteiger partial charge is 0.264 e. The number of halogens is 2. The van der Waals surface area contributed by atoms with Gasteiger partial charge in [0.25, 0.3) is 6.43 Å². The summed E-state index contributed by atoms with van der Waals surface area (Å²) in [5.74, 6) is 0.376. The van der Waals surface area contributed by atoms with Crippen LogP contribution in [0.15, 0.2) is 29.0 Å². The number of nitrogens with zero attached hydrogens (tertiary/aromatic N) is 3. The normalized spacial score (nSPS) is 12.9. The topological polar surface area (TPSA) is 72.0 Å². The van der Waals surface area contributed by atoms with Crippen LogP contribution >= 0.6 is 0 Å². The van der Waals surface area contributed by atoms with Crippen molar-refractivity contribution in [3.05, 3.63) is 41.8 Å². The summed E-state index contributed by atoms with van der Waals surface area (Å²) in [5, 5.41) is 12.6. The first-order valence-electron chi connectivity index (χ1n) is 5.31. The number of rotatable bonds is 5. The molecule has 0 aliphatic rings. The number of pyridine rings is 1. The summed E-state index contributed by atoms with van der Waals surface area (Å²) in [6, 6.07) is 3.62. The lowest BCUT2D eigenvalue weighted by Crippen LogP contribution is -2.20. The first kappa shape index (κ1) is 12.6. The molecular weight excluding hydrogens is 244 g/mol. The molecule has 0 amide bonds. The fourth-order valence-corrected chi connectivity index (χ4v) is 1.40. The summed E-state index contributed by atoms with van der Waals surface area (Å²) in [6.45, 7) is 0. The lowest BCUT2D eigenvalue weighted by Gasteiger charge is -2.04. The van der Waals surface area contributed by atoms with Gasteiger partial charge in [-0.15, -0.1) is 0 Å². The summed E-state index contributed by atoms with van der Waals surface area (Å²) >= 11 is 0. The zero-order valence-corrected chi connectivity index (χ0v) is 9.33. The molecule has 2 heterocycles.